The molecule has 0 radical (unpaired) electrons. The number of nitrogens with zero attached hydrogens (tertiary/aromatic N) is 1. The Balaban J connectivity index is 0.00000225. The molecule has 2 N–H and O–H groups in total. The number of fused-ring (bicyclic) bond motifs is 1. The lowest BCUT2D eigenvalue weighted by molar-refractivity contribution is 0.114. The number of ether oxygens (including phenoxy) is 3. The molecule has 2 heterocycles. The maximum atomic E-state index is 6.27. The fourth-order valence-electron chi connectivity index (χ4n) is 2.78. The first-order chi connectivity index (χ1) is 11.8. The summed E-state index contributed by atoms with van der Waals surface area (Å²) in [6.45, 7) is 6.06. The van der Waals surface area contributed by atoms with Gasteiger partial charge in [-0.15, -0.1) is 24.0 Å². The second-order valence-corrected chi connectivity index (χ2v) is 6.22. The summed E-state index contributed by atoms with van der Waals surface area (Å²) < 4.78 is 16.8. The number of rotatable bonds is 5. The number of guanidine groups is 1. The fourth-order valence-corrected chi connectivity index (χ4v) is 3.07. The Bertz CT molecular complexity index is 595. The number of nitrogens with one attached hydrogen (secondary N) is 2. The van der Waals surface area contributed by atoms with Crippen molar-refractivity contribution in [3.05, 3.63) is 22.7 Å². The van der Waals surface area contributed by atoms with Crippen molar-refractivity contribution >= 4 is 41.5 Å². The summed E-state index contributed by atoms with van der Waals surface area (Å²) >= 11 is 6.27. The molecule has 1 atom stereocenters. The van der Waals surface area contributed by atoms with Gasteiger partial charge in [-0.05, 0) is 37.5 Å². The third-order valence-corrected chi connectivity index (χ3v) is 4.22. The van der Waals surface area contributed by atoms with Crippen molar-refractivity contribution < 1.29 is 14.2 Å². The molecule has 1 saturated heterocycles. The average Bonchev–Trinajstić information content (AvgIpc) is 3.11. The van der Waals surface area contributed by atoms with E-state index in [1.54, 1.807) is 0 Å². The zero-order valence-corrected chi connectivity index (χ0v) is 17.4. The number of aliphatic imine (C=N–C) groups is 1. The largest absolute Gasteiger partial charge is 0.486 e. The van der Waals surface area contributed by atoms with Gasteiger partial charge in [0.15, 0.2) is 17.5 Å². The monoisotopic (exact) mass is 481 g/mol. The summed E-state index contributed by atoms with van der Waals surface area (Å²) in [5.41, 5.74) is 0.985. The van der Waals surface area contributed by atoms with Crippen molar-refractivity contribution in [3.63, 3.8) is 0 Å². The highest BCUT2D eigenvalue weighted by Crippen LogP contribution is 2.38. The molecule has 0 amide bonds. The predicted octanol–water partition coefficient (Wildman–Crippen LogP) is 2.96. The minimum atomic E-state index is 0. The van der Waals surface area contributed by atoms with Crippen LogP contribution in [0.25, 0.3) is 0 Å². The number of benzene rings is 1. The molecule has 8 heteroatoms. The van der Waals surface area contributed by atoms with Crippen LogP contribution in [0.3, 0.4) is 0 Å². The zero-order chi connectivity index (χ0) is 16.8. The molecule has 1 aromatic rings. The summed E-state index contributed by atoms with van der Waals surface area (Å²) in [6.07, 6.45) is 2.51. The third kappa shape index (κ3) is 5.79. The first kappa shape index (κ1) is 20.4. The van der Waals surface area contributed by atoms with E-state index >= 15 is 0 Å². The number of halogens is 2. The van der Waals surface area contributed by atoms with E-state index in [1.807, 2.05) is 19.1 Å². The molecule has 0 spiro atoms. The Kier molecular flexibility index (Phi) is 8.38. The molecular weight excluding hydrogens is 457 g/mol. The molecule has 1 aromatic carbocycles. The molecule has 0 bridgehead atoms. The van der Waals surface area contributed by atoms with E-state index in [1.165, 1.54) is 0 Å². The van der Waals surface area contributed by atoms with Crippen LogP contribution < -0.4 is 20.1 Å². The molecular formula is C17H25ClIN3O3. The van der Waals surface area contributed by atoms with Crippen LogP contribution in [0.4, 0.5) is 0 Å². The zero-order valence-electron chi connectivity index (χ0n) is 14.3. The molecule has 0 saturated carbocycles. The van der Waals surface area contributed by atoms with Crippen LogP contribution in [-0.4, -0.2) is 45.0 Å². The molecule has 6 nitrogen and oxygen atoms in total. The van der Waals surface area contributed by atoms with Gasteiger partial charge in [-0.1, -0.05) is 11.6 Å². The van der Waals surface area contributed by atoms with Gasteiger partial charge in [0.2, 0.25) is 0 Å². The van der Waals surface area contributed by atoms with Crippen LogP contribution >= 0.6 is 35.6 Å². The van der Waals surface area contributed by atoms with E-state index in [0.29, 0.717) is 36.3 Å². The van der Waals surface area contributed by atoms with Gasteiger partial charge in [-0.3, -0.25) is 0 Å². The molecule has 2 aliphatic heterocycles. The lowest BCUT2D eigenvalue weighted by Crippen LogP contribution is -2.41. The lowest BCUT2D eigenvalue weighted by atomic mass is 10.2. The molecule has 3 rings (SSSR count). The Labute approximate surface area is 170 Å². The van der Waals surface area contributed by atoms with Crippen LogP contribution in [0.15, 0.2) is 17.1 Å². The maximum absolute atomic E-state index is 6.27. The van der Waals surface area contributed by atoms with Gasteiger partial charge >= 0.3 is 0 Å². The molecule has 140 valence electrons. The summed E-state index contributed by atoms with van der Waals surface area (Å²) in [7, 11) is 0. The van der Waals surface area contributed by atoms with Crippen LogP contribution in [0, 0.1) is 0 Å². The van der Waals surface area contributed by atoms with E-state index in [4.69, 9.17) is 25.8 Å². The molecule has 1 fully saturated rings. The second-order valence-electron chi connectivity index (χ2n) is 5.81. The average molecular weight is 482 g/mol. The number of hydrogen-bond donors (Lipinski definition) is 2. The van der Waals surface area contributed by atoms with Crippen LogP contribution in [0.5, 0.6) is 11.5 Å². The summed E-state index contributed by atoms with van der Waals surface area (Å²) in [5, 5.41) is 7.15. The normalized spacial score (nSPS) is 19.3. The molecule has 25 heavy (non-hydrogen) atoms. The second kappa shape index (κ2) is 10.3. The standard InChI is InChI=1S/C17H24ClN3O3.HI/c1-2-19-17(21-11-13-4-3-5-22-13)20-10-12-8-14(18)16-15(9-12)23-6-7-24-16;/h8-9,13H,2-7,10-11H2,1H3,(H2,19,20,21);1H. The van der Waals surface area contributed by atoms with E-state index < -0.39 is 0 Å². The highest BCUT2D eigenvalue weighted by molar-refractivity contribution is 14.0. The molecule has 0 aromatic heterocycles. The highest BCUT2D eigenvalue weighted by Gasteiger charge is 2.17. The predicted molar refractivity (Wildman–Crippen MR) is 110 cm³/mol. The van der Waals surface area contributed by atoms with Crippen LogP contribution in [0.1, 0.15) is 25.3 Å². The first-order valence-electron chi connectivity index (χ1n) is 8.48. The Morgan fingerprint density at radius 1 is 1.24 bits per heavy atom. The van der Waals surface area contributed by atoms with E-state index in [0.717, 1.165) is 44.1 Å². The fraction of sp³-hybridized carbons (Fsp3) is 0.588. The molecule has 1 unspecified atom stereocenters. The van der Waals surface area contributed by atoms with Crippen molar-refractivity contribution in [1.29, 1.82) is 0 Å². The maximum Gasteiger partial charge on any atom is 0.191 e. The third-order valence-electron chi connectivity index (χ3n) is 3.94. The van der Waals surface area contributed by atoms with Gasteiger partial charge in [0.25, 0.3) is 0 Å². The van der Waals surface area contributed by atoms with Gasteiger partial charge in [0, 0.05) is 19.7 Å². The van der Waals surface area contributed by atoms with Gasteiger partial charge in [0.1, 0.15) is 13.2 Å². The van der Waals surface area contributed by atoms with E-state index in [2.05, 4.69) is 15.6 Å². The Hall–Kier alpha value is -0.930. The summed E-state index contributed by atoms with van der Waals surface area (Å²) in [6, 6.07) is 3.82. The topological polar surface area (TPSA) is 64.1 Å². The number of hydrogen-bond acceptors (Lipinski definition) is 4. The summed E-state index contributed by atoms with van der Waals surface area (Å²) in [4.78, 5) is 4.62. The van der Waals surface area contributed by atoms with Crippen molar-refractivity contribution in [2.75, 3.05) is 32.9 Å². The minimum absolute atomic E-state index is 0. The van der Waals surface area contributed by atoms with Gasteiger partial charge in [0.05, 0.1) is 17.7 Å². The summed E-state index contributed by atoms with van der Waals surface area (Å²) in [5.74, 6) is 2.09. The van der Waals surface area contributed by atoms with Crippen molar-refractivity contribution in [3.8, 4) is 11.5 Å². The Morgan fingerprint density at radius 2 is 2.08 bits per heavy atom. The van der Waals surface area contributed by atoms with Crippen LogP contribution in [0.2, 0.25) is 5.02 Å². The molecule has 0 aliphatic carbocycles. The van der Waals surface area contributed by atoms with Crippen molar-refractivity contribution in [1.82, 2.24) is 10.6 Å². The highest BCUT2D eigenvalue weighted by atomic mass is 127. The van der Waals surface area contributed by atoms with E-state index in [-0.39, 0.29) is 30.1 Å². The first-order valence-corrected chi connectivity index (χ1v) is 8.86. The smallest absolute Gasteiger partial charge is 0.191 e. The van der Waals surface area contributed by atoms with Gasteiger partial charge in [-0.25, -0.2) is 4.99 Å². The van der Waals surface area contributed by atoms with Gasteiger partial charge < -0.3 is 24.8 Å². The lowest BCUT2D eigenvalue weighted by Gasteiger charge is -2.20. The van der Waals surface area contributed by atoms with Crippen molar-refractivity contribution in [2.45, 2.75) is 32.4 Å². The van der Waals surface area contributed by atoms with E-state index in [9.17, 15) is 0 Å². The molecule has 2 aliphatic rings. The van der Waals surface area contributed by atoms with Crippen molar-refractivity contribution in [2.24, 2.45) is 4.99 Å². The quantitative estimate of drug-likeness (QED) is 0.385. The van der Waals surface area contributed by atoms with Gasteiger partial charge in [-0.2, -0.15) is 0 Å². The minimum Gasteiger partial charge on any atom is -0.486 e. The SMILES string of the molecule is CCNC(=NCc1cc(Cl)c2c(c1)OCCO2)NCC1CCCO1.I. The van der Waals surface area contributed by atoms with Crippen LogP contribution in [-0.2, 0) is 11.3 Å². The Morgan fingerprint density at radius 3 is 2.84 bits per heavy atom.